The van der Waals surface area contributed by atoms with E-state index in [4.69, 9.17) is 0 Å². The van der Waals surface area contributed by atoms with Gasteiger partial charge in [-0.3, -0.25) is 9.69 Å². The van der Waals surface area contributed by atoms with Crippen LogP contribution in [0.15, 0.2) is 0 Å². The van der Waals surface area contributed by atoms with Gasteiger partial charge in [0.2, 0.25) is 5.91 Å². The maximum Gasteiger partial charge on any atom is 0.401 e. The average Bonchev–Trinajstić information content (AvgIpc) is 2.72. The van der Waals surface area contributed by atoms with Crippen LogP contribution in [0.3, 0.4) is 0 Å². The first-order valence-electron chi connectivity index (χ1n) is 8.63. The van der Waals surface area contributed by atoms with Gasteiger partial charge in [-0.15, -0.1) is 0 Å². The van der Waals surface area contributed by atoms with Crippen LogP contribution in [0.25, 0.3) is 0 Å². The zero-order valence-corrected chi connectivity index (χ0v) is 13.9. The smallest absolute Gasteiger partial charge is 0.341 e. The zero-order valence-electron chi connectivity index (χ0n) is 13.9. The van der Waals surface area contributed by atoms with Gasteiger partial charge in [0, 0.05) is 32.6 Å². The van der Waals surface area contributed by atoms with Crippen LogP contribution in [0.5, 0.6) is 0 Å². The molecule has 0 aromatic carbocycles. The number of carbonyl (C=O) groups excluding carboxylic acids is 1. The molecule has 1 atom stereocenters. The van der Waals surface area contributed by atoms with E-state index in [0.29, 0.717) is 50.9 Å². The van der Waals surface area contributed by atoms with Crippen LogP contribution in [-0.4, -0.2) is 67.7 Å². The van der Waals surface area contributed by atoms with E-state index in [-0.39, 0.29) is 5.91 Å². The zero-order chi connectivity index (χ0) is 16.9. The van der Waals surface area contributed by atoms with Crippen molar-refractivity contribution in [3.8, 4) is 0 Å². The molecule has 0 spiro atoms. The van der Waals surface area contributed by atoms with Gasteiger partial charge >= 0.3 is 6.18 Å². The molecule has 0 aromatic heterocycles. The summed E-state index contributed by atoms with van der Waals surface area (Å²) in [4.78, 5) is 15.6. The fraction of sp³-hybridized carbons (Fsp3) is 0.938. The van der Waals surface area contributed by atoms with Crippen molar-refractivity contribution < 1.29 is 18.0 Å². The Hall–Kier alpha value is -0.820. The summed E-state index contributed by atoms with van der Waals surface area (Å²) < 4.78 is 37.4. The van der Waals surface area contributed by atoms with E-state index in [1.807, 2.05) is 0 Å². The van der Waals surface area contributed by atoms with Crippen molar-refractivity contribution in [3.05, 3.63) is 0 Å². The Balaban J connectivity index is 1.78. The number of carbonyl (C=O) groups is 1. The van der Waals surface area contributed by atoms with E-state index in [9.17, 15) is 18.0 Å². The maximum atomic E-state index is 12.5. The SMILES string of the molecule is CC(CC(=O)N1CCCN(CC(F)(F)F)CC1)C1CCNCC1. The number of nitrogens with zero attached hydrogens (tertiary/aromatic N) is 2. The minimum Gasteiger partial charge on any atom is -0.341 e. The summed E-state index contributed by atoms with van der Waals surface area (Å²) in [6, 6.07) is 0. The summed E-state index contributed by atoms with van der Waals surface area (Å²) in [7, 11) is 0. The predicted octanol–water partition coefficient (Wildman–Crippen LogP) is 2.11. The van der Waals surface area contributed by atoms with Crippen LogP contribution in [0.2, 0.25) is 0 Å². The van der Waals surface area contributed by atoms with Crippen LogP contribution in [-0.2, 0) is 4.79 Å². The number of hydrogen-bond donors (Lipinski definition) is 1. The summed E-state index contributed by atoms with van der Waals surface area (Å²) in [5.41, 5.74) is 0. The van der Waals surface area contributed by atoms with Gasteiger partial charge in [-0.25, -0.2) is 0 Å². The molecule has 2 fully saturated rings. The van der Waals surface area contributed by atoms with Gasteiger partial charge in [0.05, 0.1) is 6.54 Å². The molecule has 7 heteroatoms. The number of rotatable bonds is 4. The minimum absolute atomic E-state index is 0.102. The van der Waals surface area contributed by atoms with E-state index >= 15 is 0 Å². The summed E-state index contributed by atoms with van der Waals surface area (Å²) in [5.74, 6) is 1.03. The Bertz CT molecular complexity index is 383. The second kappa shape index (κ2) is 8.33. The first-order valence-corrected chi connectivity index (χ1v) is 8.63. The summed E-state index contributed by atoms with van der Waals surface area (Å²) in [6.45, 7) is 4.99. The number of piperidine rings is 1. The normalized spacial score (nSPS) is 23.6. The lowest BCUT2D eigenvalue weighted by Crippen LogP contribution is -2.39. The van der Waals surface area contributed by atoms with E-state index in [0.717, 1.165) is 25.9 Å². The summed E-state index contributed by atoms with van der Waals surface area (Å²) in [5, 5.41) is 3.33. The van der Waals surface area contributed by atoms with Crippen molar-refractivity contribution in [2.45, 2.75) is 38.8 Å². The lowest BCUT2D eigenvalue weighted by molar-refractivity contribution is -0.145. The molecule has 0 saturated carbocycles. The van der Waals surface area contributed by atoms with Crippen molar-refractivity contribution >= 4 is 5.91 Å². The molecule has 2 rings (SSSR count). The van der Waals surface area contributed by atoms with Gasteiger partial charge in [-0.05, 0) is 44.2 Å². The van der Waals surface area contributed by atoms with Gasteiger partial charge in [-0.1, -0.05) is 6.92 Å². The molecule has 1 N–H and O–H groups in total. The van der Waals surface area contributed by atoms with Crippen LogP contribution in [0.1, 0.15) is 32.6 Å². The van der Waals surface area contributed by atoms with E-state index in [2.05, 4.69) is 12.2 Å². The van der Waals surface area contributed by atoms with Crippen molar-refractivity contribution in [3.63, 3.8) is 0 Å². The molecule has 2 saturated heterocycles. The van der Waals surface area contributed by atoms with Crippen molar-refractivity contribution in [1.29, 1.82) is 0 Å². The molecule has 2 heterocycles. The third-order valence-corrected chi connectivity index (χ3v) is 5.03. The Kier molecular flexibility index (Phi) is 6.71. The standard InChI is InChI=1S/C16H28F3N3O/c1-13(14-3-5-20-6-4-14)11-15(23)22-8-2-7-21(9-10-22)12-16(17,18)19/h13-14,20H,2-12H2,1H3. The van der Waals surface area contributed by atoms with Crippen LogP contribution in [0, 0.1) is 11.8 Å². The third-order valence-electron chi connectivity index (χ3n) is 5.03. The summed E-state index contributed by atoms with van der Waals surface area (Å²) in [6.07, 6.45) is -0.822. The first kappa shape index (κ1) is 18.5. The highest BCUT2D eigenvalue weighted by molar-refractivity contribution is 5.76. The number of amides is 1. The highest BCUT2D eigenvalue weighted by Crippen LogP contribution is 2.25. The van der Waals surface area contributed by atoms with E-state index in [1.165, 1.54) is 4.90 Å². The number of nitrogens with one attached hydrogen (secondary N) is 1. The quantitative estimate of drug-likeness (QED) is 0.855. The molecule has 1 amide bonds. The largest absolute Gasteiger partial charge is 0.401 e. The van der Waals surface area contributed by atoms with Gasteiger partial charge in [-0.2, -0.15) is 13.2 Å². The topological polar surface area (TPSA) is 35.6 Å². The highest BCUT2D eigenvalue weighted by atomic mass is 19.4. The second-order valence-electron chi connectivity index (χ2n) is 6.89. The molecule has 0 radical (unpaired) electrons. The Morgan fingerprint density at radius 2 is 1.87 bits per heavy atom. The molecular formula is C16H28F3N3O. The first-order chi connectivity index (χ1) is 10.8. The van der Waals surface area contributed by atoms with Crippen LogP contribution < -0.4 is 5.32 Å². The molecule has 0 aliphatic carbocycles. The Morgan fingerprint density at radius 1 is 1.17 bits per heavy atom. The average molecular weight is 335 g/mol. The monoisotopic (exact) mass is 335 g/mol. The van der Waals surface area contributed by atoms with Gasteiger partial charge in [0.15, 0.2) is 0 Å². The molecule has 134 valence electrons. The molecule has 2 aliphatic rings. The molecule has 4 nitrogen and oxygen atoms in total. The van der Waals surface area contributed by atoms with E-state index < -0.39 is 12.7 Å². The fourth-order valence-corrected chi connectivity index (χ4v) is 3.62. The lowest BCUT2D eigenvalue weighted by atomic mass is 9.84. The van der Waals surface area contributed by atoms with E-state index in [1.54, 1.807) is 4.90 Å². The molecule has 0 bridgehead atoms. The van der Waals surface area contributed by atoms with Crippen LogP contribution >= 0.6 is 0 Å². The van der Waals surface area contributed by atoms with Crippen LogP contribution in [0.4, 0.5) is 13.2 Å². The van der Waals surface area contributed by atoms with Gasteiger partial charge < -0.3 is 10.2 Å². The van der Waals surface area contributed by atoms with Crippen molar-refractivity contribution in [2.24, 2.45) is 11.8 Å². The maximum absolute atomic E-state index is 12.5. The molecule has 2 aliphatic heterocycles. The summed E-state index contributed by atoms with van der Waals surface area (Å²) >= 11 is 0. The Labute approximate surface area is 136 Å². The minimum atomic E-state index is -4.16. The molecular weight excluding hydrogens is 307 g/mol. The number of hydrogen-bond acceptors (Lipinski definition) is 3. The van der Waals surface area contributed by atoms with Gasteiger partial charge in [0.25, 0.3) is 0 Å². The Morgan fingerprint density at radius 3 is 2.52 bits per heavy atom. The number of alkyl halides is 3. The van der Waals surface area contributed by atoms with Crippen molar-refractivity contribution in [1.82, 2.24) is 15.1 Å². The van der Waals surface area contributed by atoms with Gasteiger partial charge in [0.1, 0.15) is 0 Å². The third kappa shape index (κ3) is 6.30. The predicted molar refractivity (Wildman–Crippen MR) is 83.1 cm³/mol. The molecule has 0 aromatic rings. The molecule has 23 heavy (non-hydrogen) atoms. The lowest BCUT2D eigenvalue weighted by Gasteiger charge is -2.30. The second-order valence-corrected chi connectivity index (χ2v) is 6.89. The highest BCUT2D eigenvalue weighted by Gasteiger charge is 2.32. The van der Waals surface area contributed by atoms with Crippen molar-refractivity contribution in [2.75, 3.05) is 45.8 Å². The number of halogens is 3. The fourth-order valence-electron chi connectivity index (χ4n) is 3.62. The molecule has 1 unspecified atom stereocenters.